The first kappa shape index (κ1) is 9.07. The predicted molar refractivity (Wildman–Crippen MR) is 28.1 cm³/mol. The molecule has 1 radical (unpaired) electrons. The van der Waals surface area contributed by atoms with Gasteiger partial charge in [0.05, 0.1) is 6.61 Å². The molecule has 1 atom stereocenters. The van der Waals surface area contributed by atoms with E-state index < -0.39 is 20.5 Å². The van der Waals surface area contributed by atoms with E-state index in [1.165, 1.54) is 6.92 Å². The van der Waals surface area contributed by atoms with Gasteiger partial charge in [0, 0.05) is 0 Å². The maximum Gasteiger partial charge on any atom is 0.469 e. The minimum atomic E-state index is -4.42. The van der Waals surface area contributed by atoms with Gasteiger partial charge in [-0.15, -0.1) is 0 Å². The van der Waals surface area contributed by atoms with Gasteiger partial charge in [-0.3, -0.25) is 4.52 Å². The summed E-state index contributed by atoms with van der Waals surface area (Å²) in [4.78, 5) is 16.0. The van der Waals surface area contributed by atoms with E-state index in [9.17, 15) is 9.67 Å². The Hall–Kier alpha value is 0.0700. The lowest BCUT2D eigenvalue weighted by Crippen LogP contribution is -2.06. The minimum absolute atomic E-state index is 0.454. The third-order valence-electron chi connectivity index (χ3n) is 0.477. The van der Waals surface area contributed by atoms with Crippen LogP contribution in [0.15, 0.2) is 0 Å². The third-order valence-corrected chi connectivity index (χ3v) is 0.963. The zero-order valence-corrected chi connectivity index (χ0v) is 5.75. The summed E-state index contributed by atoms with van der Waals surface area (Å²) in [5.41, 5.74) is 0. The first-order chi connectivity index (χ1) is 3.92. The van der Waals surface area contributed by atoms with E-state index in [1.54, 1.807) is 0 Å². The molecule has 0 aromatic heterocycles. The Labute approximate surface area is 52.5 Å². The molecule has 0 aromatic carbocycles. The zero-order chi connectivity index (χ0) is 7.49. The smallest absolute Gasteiger partial charge is 0.303 e. The van der Waals surface area contributed by atoms with E-state index >= 15 is 0 Å². The Morgan fingerprint density at radius 3 is 2.22 bits per heavy atom. The van der Waals surface area contributed by atoms with E-state index in [4.69, 9.17) is 9.79 Å². The van der Waals surface area contributed by atoms with Crippen molar-refractivity contribution >= 4 is 7.82 Å². The number of hydrogen-bond acceptors (Lipinski definition) is 2. The highest BCUT2D eigenvalue weighted by atomic mass is 31.2. The number of hydrogen-bond donors (Lipinski definition) is 2. The molecule has 0 unspecified atom stereocenters. The average molecular weight is 155 g/mol. The average Bonchev–Trinajstić information content (AvgIpc) is 1.59. The molecule has 0 aliphatic carbocycles. The number of phosphoric acid groups is 1. The second kappa shape index (κ2) is 3.29. The zero-order valence-electron chi connectivity index (χ0n) is 4.85. The van der Waals surface area contributed by atoms with E-state index in [1.807, 2.05) is 0 Å². The van der Waals surface area contributed by atoms with Crippen molar-refractivity contribution in [1.29, 1.82) is 0 Å². The van der Waals surface area contributed by atoms with Gasteiger partial charge in [0.25, 0.3) is 0 Å². The topological polar surface area (TPSA) is 86.7 Å². The van der Waals surface area contributed by atoms with E-state index in [0.717, 1.165) is 0 Å². The van der Waals surface area contributed by atoms with Crippen molar-refractivity contribution in [1.82, 2.24) is 0 Å². The highest BCUT2D eigenvalue weighted by Crippen LogP contribution is 2.35. The Morgan fingerprint density at radius 1 is 1.67 bits per heavy atom. The molecular weight excluding hydrogens is 147 g/mol. The minimum Gasteiger partial charge on any atom is -0.303 e. The lowest BCUT2D eigenvalue weighted by Gasteiger charge is -2.04. The Kier molecular flexibility index (Phi) is 3.32. The van der Waals surface area contributed by atoms with Crippen LogP contribution >= 0.6 is 7.82 Å². The van der Waals surface area contributed by atoms with E-state index in [0.29, 0.717) is 0 Å². The van der Waals surface area contributed by atoms with E-state index in [2.05, 4.69) is 4.52 Å². The van der Waals surface area contributed by atoms with Crippen molar-refractivity contribution in [3.05, 3.63) is 0 Å². The molecule has 55 valence electrons. The van der Waals surface area contributed by atoms with Crippen LogP contribution in [0.3, 0.4) is 0 Å². The van der Waals surface area contributed by atoms with Crippen LogP contribution in [-0.4, -0.2) is 22.5 Å². The van der Waals surface area contributed by atoms with Crippen LogP contribution in [0.1, 0.15) is 6.92 Å². The van der Waals surface area contributed by atoms with Crippen LogP contribution in [0.2, 0.25) is 0 Å². The maximum atomic E-state index is 10.1. The Bertz CT molecular complexity index is 115. The third kappa shape index (κ3) is 8.07. The summed E-state index contributed by atoms with van der Waals surface area (Å²) < 4.78 is 13.7. The second-order valence-corrected chi connectivity index (χ2v) is 2.84. The molecule has 2 N–H and O–H groups in total. The Morgan fingerprint density at radius 2 is 2.11 bits per heavy atom. The molecular formula is C3H8O5P. The summed E-state index contributed by atoms with van der Waals surface area (Å²) in [6.07, 6.45) is -1.10. The monoisotopic (exact) mass is 155 g/mol. The first-order valence-electron chi connectivity index (χ1n) is 2.28. The molecule has 0 saturated heterocycles. The van der Waals surface area contributed by atoms with Gasteiger partial charge >= 0.3 is 7.82 Å². The summed E-state index contributed by atoms with van der Waals surface area (Å²) in [7, 11) is -4.42. The van der Waals surface area contributed by atoms with Gasteiger partial charge < -0.3 is 9.79 Å². The number of rotatable bonds is 3. The summed E-state index contributed by atoms with van der Waals surface area (Å²) in [5, 5.41) is 10.1. The van der Waals surface area contributed by atoms with Crippen LogP contribution in [0.4, 0.5) is 0 Å². The van der Waals surface area contributed by atoms with Crippen molar-refractivity contribution in [2.24, 2.45) is 0 Å². The molecule has 0 amide bonds. The fourth-order valence-electron chi connectivity index (χ4n) is 0.202. The molecule has 0 aliphatic rings. The standard InChI is InChI=1S/C3H8O5P/c1-3(4)2-8-9(5,6)7/h3H,2H2,1H3,(H2,5,6,7)/t3-/m0/s1. The molecule has 0 aliphatic heterocycles. The molecule has 0 bridgehead atoms. The normalized spacial score (nSPS) is 15.6. The Balaban J connectivity index is 3.40. The van der Waals surface area contributed by atoms with E-state index in [-0.39, 0.29) is 0 Å². The van der Waals surface area contributed by atoms with Crippen LogP contribution in [0.25, 0.3) is 0 Å². The lowest BCUT2D eigenvalue weighted by atomic mass is 10.5. The highest BCUT2D eigenvalue weighted by molar-refractivity contribution is 7.46. The van der Waals surface area contributed by atoms with Crippen molar-refractivity contribution in [2.45, 2.75) is 13.0 Å². The SMILES string of the molecule is C[C@H]([O])COP(=O)(O)O. The van der Waals surface area contributed by atoms with Crippen LogP contribution in [0, 0.1) is 0 Å². The van der Waals surface area contributed by atoms with Crippen LogP contribution < -0.4 is 0 Å². The fraction of sp³-hybridized carbons (Fsp3) is 1.00. The largest absolute Gasteiger partial charge is 0.469 e. The maximum absolute atomic E-state index is 10.1. The fourth-order valence-corrected chi connectivity index (χ4v) is 0.606. The molecule has 9 heavy (non-hydrogen) atoms. The number of phosphoric ester groups is 1. The molecule has 0 saturated carbocycles. The van der Waals surface area contributed by atoms with Gasteiger partial charge in [-0.1, -0.05) is 0 Å². The van der Waals surface area contributed by atoms with Crippen LogP contribution in [0.5, 0.6) is 0 Å². The summed E-state index contributed by atoms with van der Waals surface area (Å²) in [5.74, 6) is 0. The van der Waals surface area contributed by atoms with Crippen molar-refractivity contribution in [3.63, 3.8) is 0 Å². The summed E-state index contributed by atoms with van der Waals surface area (Å²) in [6, 6.07) is 0. The lowest BCUT2D eigenvalue weighted by molar-refractivity contribution is 0.0452. The van der Waals surface area contributed by atoms with Crippen LogP contribution in [-0.2, 0) is 14.2 Å². The molecule has 0 fully saturated rings. The molecule has 0 heterocycles. The summed E-state index contributed by atoms with van der Waals surface area (Å²) in [6.45, 7) is 0.805. The molecule has 0 spiro atoms. The van der Waals surface area contributed by atoms with Crippen molar-refractivity contribution in [2.75, 3.05) is 6.61 Å². The van der Waals surface area contributed by atoms with Crippen molar-refractivity contribution in [3.8, 4) is 0 Å². The van der Waals surface area contributed by atoms with Gasteiger partial charge in [0.1, 0.15) is 6.10 Å². The van der Waals surface area contributed by atoms with Crippen molar-refractivity contribution < 1.29 is 24.0 Å². The van der Waals surface area contributed by atoms with Gasteiger partial charge in [-0.25, -0.2) is 9.67 Å². The van der Waals surface area contributed by atoms with Gasteiger partial charge in [0.15, 0.2) is 0 Å². The molecule has 0 aromatic rings. The first-order valence-corrected chi connectivity index (χ1v) is 3.81. The molecule has 0 rings (SSSR count). The van der Waals surface area contributed by atoms with Gasteiger partial charge in [-0.05, 0) is 6.92 Å². The van der Waals surface area contributed by atoms with Gasteiger partial charge in [-0.2, -0.15) is 0 Å². The quantitative estimate of drug-likeness (QED) is 0.557. The highest BCUT2D eigenvalue weighted by Gasteiger charge is 2.14. The predicted octanol–water partition coefficient (Wildman–Crippen LogP) is -0.0853. The molecule has 5 nitrogen and oxygen atoms in total. The summed E-state index contributed by atoms with van der Waals surface area (Å²) >= 11 is 0. The second-order valence-electron chi connectivity index (χ2n) is 1.60. The van der Waals surface area contributed by atoms with Gasteiger partial charge in [0.2, 0.25) is 0 Å². The molecule has 6 heteroatoms.